The molecule has 30 heavy (non-hydrogen) atoms. The van der Waals surface area contributed by atoms with E-state index in [0.29, 0.717) is 79.3 Å². The van der Waals surface area contributed by atoms with Crippen molar-refractivity contribution in [2.24, 2.45) is 0 Å². The van der Waals surface area contributed by atoms with Crippen LogP contribution in [0.15, 0.2) is 36.4 Å². The maximum Gasteiger partial charge on any atom is 0.235 e. The Bertz CT molecular complexity index is 929. The van der Waals surface area contributed by atoms with E-state index in [1.54, 1.807) is 30.3 Å². The fraction of sp³-hybridized carbons (Fsp3) is 0.409. The van der Waals surface area contributed by atoms with E-state index < -0.39 is 5.41 Å². The molecule has 0 aliphatic carbocycles. The molecule has 1 N–H and O–H groups in total. The molecule has 2 aliphatic rings. The third-order valence-corrected chi connectivity index (χ3v) is 6.33. The Kier molecular flexibility index (Phi) is 6.48. The van der Waals surface area contributed by atoms with Crippen molar-refractivity contribution >= 4 is 40.5 Å². The molecule has 160 valence electrons. The zero-order valence-corrected chi connectivity index (χ0v) is 17.9. The first-order valence-electron chi connectivity index (χ1n) is 9.97. The number of nitrogens with one attached hydrogen (secondary N) is 1. The number of rotatable bonds is 4. The first kappa shape index (κ1) is 21.4. The molecule has 2 aliphatic heterocycles. The molecule has 2 fully saturated rings. The van der Waals surface area contributed by atoms with Gasteiger partial charge in [0.25, 0.3) is 0 Å². The van der Waals surface area contributed by atoms with Crippen LogP contribution < -0.4 is 10.2 Å². The second kappa shape index (κ2) is 9.10. The number of ether oxygens (including phenoxy) is 2. The number of carbonyl (C=O) groups is 1. The van der Waals surface area contributed by atoms with Crippen molar-refractivity contribution in [1.82, 2.24) is 0 Å². The van der Waals surface area contributed by atoms with Crippen molar-refractivity contribution in [2.45, 2.75) is 18.3 Å². The smallest absolute Gasteiger partial charge is 0.235 e. The van der Waals surface area contributed by atoms with Crippen molar-refractivity contribution in [3.8, 4) is 0 Å². The van der Waals surface area contributed by atoms with Crippen molar-refractivity contribution in [1.29, 1.82) is 0 Å². The van der Waals surface area contributed by atoms with E-state index in [1.807, 2.05) is 4.90 Å². The lowest BCUT2D eigenvalue weighted by molar-refractivity contribution is -0.125. The number of morpholine rings is 1. The van der Waals surface area contributed by atoms with Gasteiger partial charge in [0, 0.05) is 42.0 Å². The second-order valence-electron chi connectivity index (χ2n) is 7.54. The summed E-state index contributed by atoms with van der Waals surface area (Å²) in [5.41, 5.74) is 0.766. The predicted octanol–water partition coefficient (Wildman–Crippen LogP) is 4.66. The molecule has 2 heterocycles. The van der Waals surface area contributed by atoms with E-state index in [0.717, 1.165) is 0 Å². The molecule has 0 aromatic heterocycles. The van der Waals surface area contributed by atoms with Crippen molar-refractivity contribution in [3.05, 3.63) is 57.8 Å². The van der Waals surface area contributed by atoms with Crippen LogP contribution in [0.4, 0.5) is 15.8 Å². The van der Waals surface area contributed by atoms with Crippen LogP contribution in [0.1, 0.15) is 18.4 Å². The summed E-state index contributed by atoms with van der Waals surface area (Å²) in [6, 6.07) is 9.94. The lowest BCUT2D eigenvalue weighted by Crippen LogP contribution is -2.45. The molecular formula is C22H23Cl2FN2O3. The average Bonchev–Trinajstić information content (AvgIpc) is 2.75. The van der Waals surface area contributed by atoms with Crippen molar-refractivity contribution in [2.75, 3.05) is 49.7 Å². The number of amides is 1. The van der Waals surface area contributed by atoms with E-state index in [4.69, 9.17) is 32.7 Å². The van der Waals surface area contributed by atoms with Gasteiger partial charge in [0.05, 0.1) is 24.3 Å². The zero-order valence-electron chi connectivity index (χ0n) is 16.4. The summed E-state index contributed by atoms with van der Waals surface area (Å²) < 4.78 is 25.6. The molecule has 0 atom stereocenters. The Morgan fingerprint density at radius 2 is 1.70 bits per heavy atom. The third-order valence-electron chi connectivity index (χ3n) is 5.79. The second-order valence-corrected chi connectivity index (χ2v) is 8.38. The van der Waals surface area contributed by atoms with Gasteiger partial charge in [0.1, 0.15) is 5.82 Å². The number of nitrogens with zero attached hydrogens (tertiary/aromatic N) is 1. The summed E-state index contributed by atoms with van der Waals surface area (Å²) in [4.78, 5) is 15.4. The lowest BCUT2D eigenvalue weighted by Gasteiger charge is -2.37. The monoisotopic (exact) mass is 452 g/mol. The number of anilines is 2. The summed E-state index contributed by atoms with van der Waals surface area (Å²) in [7, 11) is 0. The minimum atomic E-state index is -0.862. The van der Waals surface area contributed by atoms with Gasteiger partial charge in [0.15, 0.2) is 0 Å². The largest absolute Gasteiger partial charge is 0.381 e. The van der Waals surface area contributed by atoms with Crippen LogP contribution in [0.25, 0.3) is 0 Å². The number of benzene rings is 2. The molecule has 1 amide bonds. The molecule has 0 spiro atoms. The average molecular weight is 453 g/mol. The highest BCUT2D eigenvalue weighted by Gasteiger charge is 2.43. The molecule has 8 heteroatoms. The highest BCUT2D eigenvalue weighted by molar-refractivity contribution is 6.35. The van der Waals surface area contributed by atoms with E-state index in [-0.39, 0.29) is 11.7 Å². The quantitative estimate of drug-likeness (QED) is 0.732. The van der Waals surface area contributed by atoms with Gasteiger partial charge in [-0.05, 0) is 48.7 Å². The molecule has 2 aromatic rings. The molecule has 0 radical (unpaired) electrons. The number of halogens is 3. The molecule has 0 bridgehead atoms. The fourth-order valence-electron chi connectivity index (χ4n) is 4.11. The van der Waals surface area contributed by atoms with Crippen molar-refractivity contribution < 1.29 is 18.7 Å². The lowest BCUT2D eigenvalue weighted by atomic mass is 9.73. The first-order chi connectivity index (χ1) is 14.5. The SMILES string of the molecule is O=C(Nc1ccc(N2CCOCC2)c(F)c1)C1(c2ccc(Cl)cc2Cl)CCOCC1. The van der Waals surface area contributed by atoms with Crippen LogP contribution in [-0.2, 0) is 19.7 Å². The molecule has 2 saturated heterocycles. The molecule has 0 unspecified atom stereocenters. The Morgan fingerprint density at radius 3 is 2.37 bits per heavy atom. The van der Waals surface area contributed by atoms with Crippen LogP contribution in [0.5, 0.6) is 0 Å². The maximum atomic E-state index is 14.8. The Morgan fingerprint density at radius 1 is 1.00 bits per heavy atom. The van der Waals surface area contributed by atoms with Gasteiger partial charge in [-0.15, -0.1) is 0 Å². The highest BCUT2D eigenvalue weighted by Crippen LogP contribution is 2.40. The third kappa shape index (κ3) is 4.28. The van der Waals surface area contributed by atoms with Crippen LogP contribution in [0.2, 0.25) is 10.0 Å². The van der Waals surface area contributed by atoms with Crippen LogP contribution in [0, 0.1) is 5.82 Å². The molecule has 4 rings (SSSR count). The van der Waals surface area contributed by atoms with Gasteiger partial charge in [-0.3, -0.25) is 4.79 Å². The fourth-order valence-corrected chi connectivity index (χ4v) is 4.70. The first-order valence-corrected chi connectivity index (χ1v) is 10.7. The van der Waals surface area contributed by atoms with Crippen LogP contribution in [0.3, 0.4) is 0 Å². The Balaban J connectivity index is 1.59. The molecule has 0 saturated carbocycles. The topological polar surface area (TPSA) is 50.8 Å². The maximum absolute atomic E-state index is 14.8. The van der Waals surface area contributed by atoms with Crippen LogP contribution >= 0.6 is 23.2 Å². The highest BCUT2D eigenvalue weighted by atomic mass is 35.5. The zero-order chi connectivity index (χ0) is 21.1. The normalized spacial score (nSPS) is 18.8. The van der Waals surface area contributed by atoms with Gasteiger partial charge in [-0.2, -0.15) is 0 Å². The molecule has 5 nitrogen and oxygen atoms in total. The van der Waals surface area contributed by atoms with Gasteiger partial charge >= 0.3 is 0 Å². The Hall–Kier alpha value is -1.86. The summed E-state index contributed by atoms with van der Waals surface area (Å²) in [5, 5.41) is 3.84. The van der Waals surface area contributed by atoms with E-state index in [1.165, 1.54) is 6.07 Å². The van der Waals surface area contributed by atoms with E-state index >= 15 is 0 Å². The number of carbonyl (C=O) groups excluding carboxylic acids is 1. The number of hydrogen-bond acceptors (Lipinski definition) is 4. The summed E-state index contributed by atoms with van der Waals surface area (Å²) in [6.07, 6.45) is 0.961. The van der Waals surface area contributed by atoms with E-state index in [9.17, 15) is 9.18 Å². The number of hydrogen-bond donors (Lipinski definition) is 1. The van der Waals surface area contributed by atoms with Gasteiger partial charge in [0.2, 0.25) is 5.91 Å². The molecule has 2 aromatic carbocycles. The standard InChI is InChI=1S/C22H23Cl2FN2O3/c23-15-1-3-17(18(24)13-15)22(5-9-29-10-6-22)21(28)26-16-2-4-20(19(25)14-16)27-7-11-30-12-8-27/h1-4,13-14H,5-12H2,(H,26,28). The minimum Gasteiger partial charge on any atom is -0.381 e. The Labute approximate surface area is 185 Å². The van der Waals surface area contributed by atoms with Crippen LogP contribution in [-0.4, -0.2) is 45.4 Å². The summed E-state index contributed by atoms with van der Waals surface area (Å²) in [5.74, 6) is -0.603. The van der Waals surface area contributed by atoms with Gasteiger partial charge in [-0.25, -0.2) is 4.39 Å². The van der Waals surface area contributed by atoms with Crippen molar-refractivity contribution in [3.63, 3.8) is 0 Å². The van der Waals surface area contributed by atoms with Gasteiger partial charge < -0.3 is 19.7 Å². The summed E-state index contributed by atoms with van der Waals surface area (Å²) >= 11 is 12.5. The van der Waals surface area contributed by atoms with E-state index in [2.05, 4.69) is 5.32 Å². The predicted molar refractivity (Wildman–Crippen MR) is 116 cm³/mol. The van der Waals surface area contributed by atoms with Gasteiger partial charge in [-0.1, -0.05) is 29.3 Å². The molecular weight excluding hydrogens is 430 g/mol. The summed E-state index contributed by atoms with van der Waals surface area (Å²) in [6.45, 7) is 3.31. The minimum absolute atomic E-state index is 0.228.